The molecule has 0 bridgehead atoms. The molecular formula is C21H21NO4. The summed E-state index contributed by atoms with van der Waals surface area (Å²) in [6.45, 7) is 2.45. The molecule has 1 amide bonds. The molecule has 0 unspecified atom stereocenters. The molecule has 26 heavy (non-hydrogen) atoms. The van der Waals surface area contributed by atoms with Crippen LogP contribution in [0.2, 0.25) is 0 Å². The van der Waals surface area contributed by atoms with Crippen LogP contribution in [0.25, 0.3) is 11.0 Å². The summed E-state index contributed by atoms with van der Waals surface area (Å²) < 4.78 is 10.7. The summed E-state index contributed by atoms with van der Waals surface area (Å²) in [6.07, 6.45) is 1.51. The lowest BCUT2D eigenvalue weighted by molar-refractivity contribution is -0.123. The van der Waals surface area contributed by atoms with E-state index in [1.165, 1.54) is 11.6 Å². The van der Waals surface area contributed by atoms with E-state index in [1.54, 1.807) is 12.1 Å². The average molecular weight is 351 g/mol. The summed E-state index contributed by atoms with van der Waals surface area (Å²) in [5.41, 5.74) is 2.19. The summed E-state index contributed by atoms with van der Waals surface area (Å²) in [7, 11) is 0. The summed E-state index contributed by atoms with van der Waals surface area (Å²) in [5.74, 6) is 0.303. The Bertz CT molecular complexity index is 947. The van der Waals surface area contributed by atoms with Gasteiger partial charge in [0.2, 0.25) is 0 Å². The fraction of sp³-hybridized carbons (Fsp3) is 0.238. The molecule has 0 saturated carbocycles. The maximum atomic E-state index is 11.9. The first-order valence-electron chi connectivity index (χ1n) is 8.66. The van der Waals surface area contributed by atoms with Crippen LogP contribution in [0, 0.1) is 0 Å². The van der Waals surface area contributed by atoms with Crippen LogP contribution in [0.15, 0.2) is 63.8 Å². The first-order valence-corrected chi connectivity index (χ1v) is 8.66. The van der Waals surface area contributed by atoms with Gasteiger partial charge in [-0.3, -0.25) is 4.79 Å². The van der Waals surface area contributed by atoms with Crippen LogP contribution in [0.3, 0.4) is 0 Å². The van der Waals surface area contributed by atoms with Gasteiger partial charge in [-0.05, 0) is 36.1 Å². The highest BCUT2D eigenvalue weighted by Gasteiger charge is 2.07. The van der Waals surface area contributed by atoms with E-state index >= 15 is 0 Å². The van der Waals surface area contributed by atoms with Gasteiger partial charge in [-0.25, -0.2) is 4.79 Å². The van der Waals surface area contributed by atoms with Gasteiger partial charge in [-0.1, -0.05) is 37.3 Å². The third kappa shape index (κ3) is 4.51. The number of aryl methyl sites for hydroxylation is 1. The van der Waals surface area contributed by atoms with Crippen LogP contribution >= 0.6 is 0 Å². The van der Waals surface area contributed by atoms with Crippen molar-refractivity contribution in [2.24, 2.45) is 0 Å². The van der Waals surface area contributed by atoms with Crippen LogP contribution in [-0.4, -0.2) is 19.1 Å². The number of hydrogen-bond acceptors (Lipinski definition) is 4. The van der Waals surface area contributed by atoms with Gasteiger partial charge in [0.05, 0.1) is 0 Å². The summed E-state index contributed by atoms with van der Waals surface area (Å²) in [5, 5.41) is 3.71. The van der Waals surface area contributed by atoms with Crippen molar-refractivity contribution in [1.29, 1.82) is 0 Å². The topological polar surface area (TPSA) is 68.5 Å². The minimum absolute atomic E-state index is 0.0853. The Morgan fingerprint density at radius 2 is 1.92 bits per heavy atom. The fourth-order valence-electron chi connectivity index (χ4n) is 2.78. The number of rotatable bonds is 7. The number of benzene rings is 2. The van der Waals surface area contributed by atoms with Gasteiger partial charge in [0, 0.05) is 24.1 Å². The van der Waals surface area contributed by atoms with Crippen LogP contribution in [0.5, 0.6) is 5.75 Å². The standard InChI is InChI=1S/C21H21NO4/c1-2-16-12-21(24)26-19-13-17(8-9-18(16)19)25-14-20(23)22-11-10-15-6-4-3-5-7-15/h3-9,12-13H,2,10-11,14H2,1H3,(H,22,23). The lowest BCUT2D eigenvalue weighted by Gasteiger charge is -2.09. The number of hydrogen-bond donors (Lipinski definition) is 1. The molecule has 5 nitrogen and oxygen atoms in total. The molecule has 3 rings (SSSR count). The number of fused-ring (bicyclic) bond motifs is 1. The molecule has 0 aliphatic carbocycles. The van der Waals surface area contributed by atoms with Crippen molar-refractivity contribution >= 4 is 16.9 Å². The Balaban J connectivity index is 1.55. The van der Waals surface area contributed by atoms with Gasteiger partial charge in [0.1, 0.15) is 11.3 Å². The fourth-order valence-corrected chi connectivity index (χ4v) is 2.78. The highest BCUT2D eigenvalue weighted by molar-refractivity contribution is 5.82. The van der Waals surface area contributed by atoms with Crippen molar-refractivity contribution in [3.63, 3.8) is 0 Å². The van der Waals surface area contributed by atoms with Gasteiger partial charge in [0.25, 0.3) is 5.91 Å². The molecule has 1 heterocycles. The molecule has 0 atom stereocenters. The molecule has 5 heteroatoms. The second-order valence-corrected chi connectivity index (χ2v) is 5.98. The minimum Gasteiger partial charge on any atom is -0.484 e. The zero-order chi connectivity index (χ0) is 18.4. The highest BCUT2D eigenvalue weighted by atomic mass is 16.5. The van der Waals surface area contributed by atoms with Crippen LogP contribution in [-0.2, 0) is 17.6 Å². The van der Waals surface area contributed by atoms with Crippen molar-refractivity contribution in [2.75, 3.05) is 13.2 Å². The zero-order valence-corrected chi connectivity index (χ0v) is 14.7. The van der Waals surface area contributed by atoms with Gasteiger partial charge in [-0.15, -0.1) is 0 Å². The van der Waals surface area contributed by atoms with Crippen molar-refractivity contribution in [2.45, 2.75) is 19.8 Å². The monoisotopic (exact) mass is 351 g/mol. The molecule has 1 aromatic heterocycles. The third-order valence-electron chi connectivity index (χ3n) is 4.13. The molecule has 3 aromatic rings. The Labute approximate surface area is 151 Å². The van der Waals surface area contributed by atoms with Crippen LogP contribution in [0.4, 0.5) is 0 Å². The van der Waals surface area contributed by atoms with Crippen LogP contribution in [0.1, 0.15) is 18.1 Å². The molecule has 1 N–H and O–H groups in total. The maximum absolute atomic E-state index is 11.9. The normalized spacial score (nSPS) is 10.7. The van der Waals surface area contributed by atoms with Gasteiger partial charge >= 0.3 is 5.63 Å². The molecule has 134 valence electrons. The average Bonchev–Trinajstić information content (AvgIpc) is 2.66. The number of nitrogens with one attached hydrogen (secondary N) is 1. The number of ether oxygens (including phenoxy) is 1. The molecule has 0 spiro atoms. The van der Waals surface area contributed by atoms with Gasteiger partial charge in [-0.2, -0.15) is 0 Å². The Morgan fingerprint density at radius 3 is 2.69 bits per heavy atom. The highest BCUT2D eigenvalue weighted by Crippen LogP contribution is 2.22. The quantitative estimate of drug-likeness (QED) is 0.664. The second kappa shape index (κ2) is 8.34. The Hall–Kier alpha value is -3.08. The molecule has 0 radical (unpaired) electrons. The first-order chi connectivity index (χ1) is 12.7. The summed E-state index contributed by atoms with van der Waals surface area (Å²) in [6, 6.07) is 16.7. The lowest BCUT2D eigenvalue weighted by atomic mass is 10.1. The van der Waals surface area contributed by atoms with Gasteiger partial charge in [0.15, 0.2) is 6.61 Å². The number of amides is 1. The maximum Gasteiger partial charge on any atom is 0.336 e. The first kappa shape index (κ1) is 17.7. The largest absolute Gasteiger partial charge is 0.484 e. The van der Waals surface area contributed by atoms with E-state index in [9.17, 15) is 9.59 Å². The van der Waals surface area contributed by atoms with E-state index < -0.39 is 0 Å². The Morgan fingerprint density at radius 1 is 1.12 bits per heavy atom. The van der Waals surface area contributed by atoms with E-state index in [-0.39, 0.29) is 18.1 Å². The van der Waals surface area contributed by atoms with Crippen molar-refractivity contribution in [3.05, 3.63) is 76.1 Å². The van der Waals surface area contributed by atoms with Crippen molar-refractivity contribution in [3.8, 4) is 5.75 Å². The van der Waals surface area contributed by atoms with E-state index in [0.717, 1.165) is 23.8 Å². The van der Waals surface area contributed by atoms with Crippen LogP contribution < -0.4 is 15.7 Å². The van der Waals surface area contributed by atoms with E-state index in [0.29, 0.717) is 17.9 Å². The molecule has 0 saturated heterocycles. The van der Waals surface area contributed by atoms with E-state index in [1.807, 2.05) is 43.3 Å². The van der Waals surface area contributed by atoms with Crippen molar-refractivity contribution in [1.82, 2.24) is 5.32 Å². The second-order valence-electron chi connectivity index (χ2n) is 5.98. The predicted molar refractivity (Wildman–Crippen MR) is 101 cm³/mol. The minimum atomic E-state index is -0.384. The van der Waals surface area contributed by atoms with Gasteiger partial charge < -0.3 is 14.5 Å². The summed E-state index contributed by atoms with van der Waals surface area (Å²) in [4.78, 5) is 23.5. The lowest BCUT2D eigenvalue weighted by Crippen LogP contribution is -2.30. The number of carbonyl (C=O) groups excluding carboxylic acids is 1. The smallest absolute Gasteiger partial charge is 0.336 e. The van der Waals surface area contributed by atoms with Crippen molar-refractivity contribution < 1.29 is 13.9 Å². The molecule has 0 aliphatic heterocycles. The van der Waals surface area contributed by atoms with E-state index in [2.05, 4.69) is 5.32 Å². The molecular weight excluding hydrogens is 330 g/mol. The number of carbonyl (C=O) groups is 1. The van der Waals surface area contributed by atoms with E-state index in [4.69, 9.17) is 9.15 Å². The molecule has 0 aliphatic rings. The Kier molecular flexibility index (Phi) is 5.69. The molecule has 2 aromatic carbocycles. The molecule has 0 fully saturated rings. The predicted octanol–water partition coefficient (Wildman–Crippen LogP) is 3.09. The summed E-state index contributed by atoms with van der Waals surface area (Å²) >= 11 is 0. The third-order valence-corrected chi connectivity index (χ3v) is 4.13. The zero-order valence-electron chi connectivity index (χ0n) is 14.7. The SMILES string of the molecule is CCc1cc(=O)oc2cc(OCC(=O)NCCc3ccccc3)ccc12.